The molecule has 2 unspecified atom stereocenters. The zero-order chi connectivity index (χ0) is 9.14. The van der Waals surface area contributed by atoms with E-state index in [0.717, 1.165) is 24.2 Å². The van der Waals surface area contributed by atoms with Crippen LogP contribution in [0.3, 0.4) is 0 Å². The molecule has 70 valence electrons. The standard InChI is InChI=1S/C11H21N/c1-5-6-7-12-11-9(3)8(2)10(11)4/h7-11H,5-6H2,1-4H3/b12-7-. The van der Waals surface area contributed by atoms with Crippen LogP contribution in [0, 0.1) is 17.8 Å². The maximum Gasteiger partial charge on any atom is 0.0552 e. The van der Waals surface area contributed by atoms with E-state index in [1.165, 1.54) is 6.42 Å². The second kappa shape index (κ2) is 4.06. The highest BCUT2D eigenvalue weighted by Crippen LogP contribution is 2.41. The maximum absolute atomic E-state index is 4.61. The first-order chi connectivity index (χ1) is 5.68. The Hall–Kier alpha value is -0.330. The minimum absolute atomic E-state index is 0.617. The molecule has 12 heavy (non-hydrogen) atoms. The molecule has 0 aromatic carbocycles. The van der Waals surface area contributed by atoms with E-state index >= 15 is 0 Å². The molecule has 0 spiro atoms. The third-order valence-corrected chi connectivity index (χ3v) is 3.43. The normalized spacial score (nSPS) is 41.7. The summed E-state index contributed by atoms with van der Waals surface area (Å²) < 4.78 is 0. The van der Waals surface area contributed by atoms with Crippen molar-refractivity contribution in [3.05, 3.63) is 0 Å². The van der Waals surface area contributed by atoms with Gasteiger partial charge in [0.1, 0.15) is 0 Å². The van der Waals surface area contributed by atoms with Crippen LogP contribution in [0.1, 0.15) is 40.5 Å². The lowest BCUT2D eigenvalue weighted by molar-refractivity contribution is 0.0822. The number of rotatable bonds is 3. The van der Waals surface area contributed by atoms with Crippen molar-refractivity contribution in [3.63, 3.8) is 0 Å². The Morgan fingerprint density at radius 3 is 2.17 bits per heavy atom. The van der Waals surface area contributed by atoms with Crippen LogP contribution < -0.4 is 0 Å². The van der Waals surface area contributed by atoms with Crippen LogP contribution in [-0.4, -0.2) is 12.3 Å². The summed E-state index contributed by atoms with van der Waals surface area (Å²) >= 11 is 0. The number of nitrogens with zero attached hydrogens (tertiary/aromatic N) is 1. The molecule has 1 nitrogen and oxygen atoms in total. The Morgan fingerprint density at radius 2 is 1.67 bits per heavy atom. The van der Waals surface area contributed by atoms with Gasteiger partial charge in [0.25, 0.3) is 0 Å². The van der Waals surface area contributed by atoms with Crippen molar-refractivity contribution in [1.29, 1.82) is 0 Å². The molecular weight excluding hydrogens is 146 g/mol. The van der Waals surface area contributed by atoms with E-state index in [9.17, 15) is 0 Å². The van der Waals surface area contributed by atoms with E-state index in [2.05, 4.69) is 38.9 Å². The fourth-order valence-electron chi connectivity index (χ4n) is 2.03. The molecular formula is C11H21N. The van der Waals surface area contributed by atoms with Gasteiger partial charge in [-0.1, -0.05) is 34.1 Å². The van der Waals surface area contributed by atoms with E-state index in [0.29, 0.717) is 6.04 Å². The van der Waals surface area contributed by atoms with Crippen molar-refractivity contribution >= 4 is 6.21 Å². The predicted molar refractivity (Wildman–Crippen MR) is 54.7 cm³/mol. The fraction of sp³-hybridized carbons (Fsp3) is 0.909. The SMILES string of the molecule is CCC/C=N\C1C(C)C(C)C1C. The largest absolute Gasteiger partial charge is 0.294 e. The van der Waals surface area contributed by atoms with Crippen LogP contribution in [0.2, 0.25) is 0 Å². The van der Waals surface area contributed by atoms with Gasteiger partial charge in [-0.05, 0) is 30.4 Å². The lowest BCUT2D eigenvalue weighted by Gasteiger charge is -2.45. The summed E-state index contributed by atoms with van der Waals surface area (Å²) in [6.45, 7) is 9.17. The van der Waals surface area contributed by atoms with Gasteiger partial charge in [0, 0.05) is 0 Å². The zero-order valence-electron chi connectivity index (χ0n) is 8.75. The molecule has 1 heteroatoms. The monoisotopic (exact) mass is 167 g/mol. The number of hydrogen-bond donors (Lipinski definition) is 0. The van der Waals surface area contributed by atoms with Crippen molar-refractivity contribution in [2.24, 2.45) is 22.7 Å². The average molecular weight is 167 g/mol. The molecule has 0 aliphatic heterocycles. The van der Waals surface area contributed by atoms with E-state index in [4.69, 9.17) is 0 Å². The Labute approximate surface area is 76.3 Å². The molecule has 0 aromatic heterocycles. The first-order valence-electron chi connectivity index (χ1n) is 5.20. The summed E-state index contributed by atoms with van der Waals surface area (Å²) in [5.74, 6) is 2.47. The second-order valence-corrected chi connectivity index (χ2v) is 4.19. The molecule has 0 amide bonds. The van der Waals surface area contributed by atoms with E-state index in [-0.39, 0.29) is 0 Å². The third kappa shape index (κ3) is 1.70. The van der Waals surface area contributed by atoms with Gasteiger partial charge in [0.15, 0.2) is 0 Å². The summed E-state index contributed by atoms with van der Waals surface area (Å²) in [5, 5.41) is 0. The van der Waals surface area contributed by atoms with Crippen molar-refractivity contribution in [2.45, 2.75) is 46.6 Å². The van der Waals surface area contributed by atoms with E-state index < -0.39 is 0 Å². The van der Waals surface area contributed by atoms with E-state index in [1.54, 1.807) is 0 Å². The molecule has 0 bridgehead atoms. The molecule has 1 aliphatic rings. The summed E-state index contributed by atoms with van der Waals surface area (Å²) in [4.78, 5) is 4.61. The summed E-state index contributed by atoms with van der Waals surface area (Å²) in [5.41, 5.74) is 0. The third-order valence-electron chi connectivity index (χ3n) is 3.43. The van der Waals surface area contributed by atoms with Gasteiger partial charge in [-0.25, -0.2) is 0 Å². The van der Waals surface area contributed by atoms with E-state index in [1.807, 2.05) is 0 Å². The van der Waals surface area contributed by atoms with Crippen LogP contribution in [0.15, 0.2) is 4.99 Å². The molecule has 0 saturated heterocycles. The minimum Gasteiger partial charge on any atom is -0.294 e. The molecule has 0 N–H and O–H groups in total. The number of aliphatic imine (C=N–C) groups is 1. The topological polar surface area (TPSA) is 12.4 Å². The zero-order valence-corrected chi connectivity index (χ0v) is 8.75. The number of unbranched alkanes of at least 4 members (excludes halogenated alkanes) is 1. The lowest BCUT2D eigenvalue weighted by atomic mass is 9.63. The van der Waals surface area contributed by atoms with Gasteiger partial charge in [-0.2, -0.15) is 0 Å². The van der Waals surface area contributed by atoms with Crippen molar-refractivity contribution in [1.82, 2.24) is 0 Å². The van der Waals surface area contributed by atoms with Gasteiger partial charge in [0.05, 0.1) is 6.04 Å². The Balaban J connectivity index is 2.34. The summed E-state index contributed by atoms with van der Waals surface area (Å²) in [6.07, 6.45) is 4.47. The quantitative estimate of drug-likeness (QED) is 0.573. The van der Waals surface area contributed by atoms with Crippen molar-refractivity contribution in [3.8, 4) is 0 Å². The molecule has 1 rings (SSSR count). The molecule has 0 heterocycles. The maximum atomic E-state index is 4.61. The van der Waals surface area contributed by atoms with Crippen LogP contribution in [0.5, 0.6) is 0 Å². The van der Waals surface area contributed by atoms with Crippen LogP contribution in [0.25, 0.3) is 0 Å². The number of hydrogen-bond acceptors (Lipinski definition) is 1. The Bertz CT molecular complexity index is 152. The fourth-order valence-corrected chi connectivity index (χ4v) is 2.03. The van der Waals surface area contributed by atoms with Crippen molar-refractivity contribution in [2.75, 3.05) is 0 Å². The highest BCUT2D eigenvalue weighted by molar-refractivity contribution is 5.57. The molecule has 1 fully saturated rings. The second-order valence-electron chi connectivity index (χ2n) is 4.19. The predicted octanol–water partition coefficient (Wildman–Crippen LogP) is 3.15. The minimum atomic E-state index is 0.617. The van der Waals surface area contributed by atoms with Crippen LogP contribution in [-0.2, 0) is 0 Å². The first kappa shape index (κ1) is 9.76. The van der Waals surface area contributed by atoms with Gasteiger partial charge in [0.2, 0.25) is 0 Å². The molecule has 0 radical (unpaired) electrons. The lowest BCUT2D eigenvalue weighted by Crippen LogP contribution is -2.45. The summed E-state index contributed by atoms with van der Waals surface area (Å²) in [7, 11) is 0. The molecule has 2 atom stereocenters. The Kier molecular flexibility index (Phi) is 3.30. The summed E-state index contributed by atoms with van der Waals surface area (Å²) in [6, 6.07) is 0.617. The Morgan fingerprint density at radius 1 is 1.08 bits per heavy atom. The van der Waals surface area contributed by atoms with Crippen molar-refractivity contribution < 1.29 is 0 Å². The van der Waals surface area contributed by atoms with Gasteiger partial charge in [-0.3, -0.25) is 4.99 Å². The molecule has 1 saturated carbocycles. The van der Waals surface area contributed by atoms with Gasteiger partial charge >= 0.3 is 0 Å². The van der Waals surface area contributed by atoms with Crippen LogP contribution in [0.4, 0.5) is 0 Å². The average Bonchev–Trinajstić information content (AvgIpc) is 2.11. The first-order valence-corrected chi connectivity index (χ1v) is 5.20. The highest BCUT2D eigenvalue weighted by Gasteiger charge is 2.41. The smallest absolute Gasteiger partial charge is 0.0552 e. The van der Waals surface area contributed by atoms with Gasteiger partial charge in [-0.15, -0.1) is 0 Å². The molecule has 1 aliphatic carbocycles. The van der Waals surface area contributed by atoms with Crippen LogP contribution >= 0.6 is 0 Å². The van der Waals surface area contributed by atoms with Gasteiger partial charge < -0.3 is 0 Å². The molecule has 0 aromatic rings. The highest BCUT2D eigenvalue weighted by atomic mass is 14.8.